The number of nitrogens with zero attached hydrogens (tertiary/aromatic N) is 3. The smallest absolute Gasteiger partial charge is 0.102 e. The van der Waals surface area contributed by atoms with Crippen molar-refractivity contribution in [1.29, 1.82) is 0 Å². The number of aromatic nitrogens is 3. The Bertz CT molecular complexity index is 556. The average molecular weight is 339 g/mol. The second-order valence-electron chi connectivity index (χ2n) is 4.56. The van der Waals surface area contributed by atoms with Gasteiger partial charge < -0.3 is 10.4 Å². The molecule has 0 unspecified atom stereocenters. The van der Waals surface area contributed by atoms with E-state index >= 15 is 0 Å². The molecule has 0 radical (unpaired) electrons. The van der Waals surface area contributed by atoms with Crippen LogP contribution in [0, 0.1) is 0 Å². The Labute approximate surface area is 127 Å². The molecule has 0 atom stereocenters. The third-order valence-electron chi connectivity index (χ3n) is 3.04. The van der Waals surface area contributed by atoms with Crippen LogP contribution in [0.1, 0.15) is 24.6 Å². The molecule has 0 aliphatic carbocycles. The van der Waals surface area contributed by atoms with E-state index in [2.05, 4.69) is 50.6 Å². The zero-order chi connectivity index (χ0) is 14.4. The fourth-order valence-electron chi connectivity index (χ4n) is 1.97. The van der Waals surface area contributed by atoms with Gasteiger partial charge in [0.2, 0.25) is 0 Å². The Kier molecular flexibility index (Phi) is 5.55. The minimum Gasteiger partial charge on any atom is -0.396 e. The molecular formula is C14H19BrN4O. The van der Waals surface area contributed by atoms with Crippen molar-refractivity contribution in [3.63, 3.8) is 0 Å². The second kappa shape index (κ2) is 7.40. The van der Waals surface area contributed by atoms with Gasteiger partial charge in [0.1, 0.15) is 5.69 Å². The molecule has 1 aromatic carbocycles. The second-order valence-corrected chi connectivity index (χ2v) is 5.47. The highest BCUT2D eigenvalue weighted by Crippen LogP contribution is 2.21. The lowest BCUT2D eigenvalue weighted by molar-refractivity contribution is 0.276. The summed E-state index contributed by atoms with van der Waals surface area (Å²) in [4.78, 5) is 0. The lowest BCUT2D eigenvalue weighted by Crippen LogP contribution is -2.02. The monoisotopic (exact) mass is 338 g/mol. The van der Waals surface area contributed by atoms with E-state index in [1.54, 1.807) is 4.68 Å². The van der Waals surface area contributed by atoms with Crippen LogP contribution in [0.3, 0.4) is 0 Å². The SMILES string of the molecule is CCc1cc(Br)ccc1NCc1cn(CCCO)nn1. The van der Waals surface area contributed by atoms with Crippen LogP contribution in [-0.2, 0) is 19.5 Å². The Morgan fingerprint density at radius 2 is 2.25 bits per heavy atom. The molecule has 6 heteroatoms. The largest absolute Gasteiger partial charge is 0.396 e. The standard InChI is InChI=1S/C14H19BrN4O/c1-2-11-8-12(15)4-5-14(11)16-9-13-10-19(18-17-13)6-3-7-20/h4-5,8,10,16,20H,2-3,6-7,9H2,1H3. The van der Waals surface area contributed by atoms with Crippen LogP contribution in [-0.4, -0.2) is 26.7 Å². The van der Waals surface area contributed by atoms with Gasteiger partial charge in [-0.1, -0.05) is 28.1 Å². The fraction of sp³-hybridized carbons (Fsp3) is 0.429. The Hall–Kier alpha value is -1.40. The van der Waals surface area contributed by atoms with E-state index in [1.807, 2.05) is 12.3 Å². The number of aryl methyl sites for hydroxylation is 2. The van der Waals surface area contributed by atoms with Gasteiger partial charge in [0.05, 0.1) is 12.7 Å². The Morgan fingerprint density at radius 1 is 1.40 bits per heavy atom. The molecule has 0 saturated carbocycles. The van der Waals surface area contributed by atoms with E-state index in [1.165, 1.54) is 5.56 Å². The summed E-state index contributed by atoms with van der Waals surface area (Å²) in [7, 11) is 0. The van der Waals surface area contributed by atoms with Gasteiger partial charge in [0.25, 0.3) is 0 Å². The third-order valence-corrected chi connectivity index (χ3v) is 3.53. The van der Waals surface area contributed by atoms with Crippen LogP contribution in [0.2, 0.25) is 0 Å². The van der Waals surface area contributed by atoms with E-state index in [-0.39, 0.29) is 6.61 Å². The average Bonchev–Trinajstić information content (AvgIpc) is 2.91. The first-order valence-corrected chi connectivity index (χ1v) is 7.54. The predicted molar refractivity (Wildman–Crippen MR) is 82.6 cm³/mol. The van der Waals surface area contributed by atoms with Crippen molar-refractivity contribution < 1.29 is 5.11 Å². The van der Waals surface area contributed by atoms with Gasteiger partial charge in [-0.3, -0.25) is 4.68 Å². The van der Waals surface area contributed by atoms with Gasteiger partial charge in [-0.25, -0.2) is 0 Å². The maximum absolute atomic E-state index is 8.79. The van der Waals surface area contributed by atoms with E-state index in [9.17, 15) is 0 Å². The number of aliphatic hydroxyl groups excluding tert-OH is 1. The number of hydrogen-bond donors (Lipinski definition) is 2. The Morgan fingerprint density at radius 3 is 3.00 bits per heavy atom. The van der Waals surface area contributed by atoms with Crippen LogP contribution in [0.15, 0.2) is 28.9 Å². The van der Waals surface area contributed by atoms with Crippen LogP contribution in [0.25, 0.3) is 0 Å². The highest BCUT2D eigenvalue weighted by atomic mass is 79.9. The van der Waals surface area contributed by atoms with Crippen molar-refractivity contribution in [2.45, 2.75) is 32.9 Å². The summed E-state index contributed by atoms with van der Waals surface area (Å²) in [5, 5.41) is 20.3. The van der Waals surface area contributed by atoms with E-state index in [4.69, 9.17) is 5.11 Å². The molecule has 0 amide bonds. The maximum atomic E-state index is 8.79. The summed E-state index contributed by atoms with van der Waals surface area (Å²) in [6.45, 7) is 3.65. The van der Waals surface area contributed by atoms with Gasteiger partial charge in [-0.05, 0) is 36.6 Å². The number of anilines is 1. The van der Waals surface area contributed by atoms with Crippen molar-refractivity contribution in [3.8, 4) is 0 Å². The molecular weight excluding hydrogens is 320 g/mol. The zero-order valence-corrected chi connectivity index (χ0v) is 13.1. The number of benzene rings is 1. The quantitative estimate of drug-likeness (QED) is 0.814. The third kappa shape index (κ3) is 4.05. The molecule has 5 nitrogen and oxygen atoms in total. The Balaban J connectivity index is 1.96. The number of nitrogens with one attached hydrogen (secondary N) is 1. The molecule has 1 aromatic heterocycles. The molecule has 2 aromatic rings. The predicted octanol–water partition coefficient (Wildman–Crippen LogP) is 2.60. The molecule has 0 saturated heterocycles. The fourth-order valence-corrected chi connectivity index (χ4v) is 2.38. The van der Waals surface area contributed by atoms with Crippen LogP contribution in [0.5, 0.6) is 0 Å². The summed E-state index contributed by atoms with van der Waals surface area (Å²) < 4.78 is 2.85. The van der Waals surface area contributed by atoms with Gasteiger partial charge in [-0.15, -0.1) is 5.10 Å². The first kappa shape index (κ1) is 15.0. The topological polar surface area (TPSA) is 63.0 Å². The molecule has 0 aliphatic heterocycles. The van der Waals surface area contributed by atoms with Crippen molar-refractivity contribution in [1.82, 2.24) is 15.0 Å². The number of rotatable bonds is 7. The van der Waals surface area contributed by atoms with Crippen LogP contribution in [0.4, 0.5) is 5.69 Å². The van der Waals surface area contributed by atoms with Gasteiger partial charge in [-0.2, -0.15) is 0 Å². The maximum Gasteiger partial charge on any atom is 0.102 e. The summed E-state index contributed by atoms with van der Waals surface area (Å²) in [6, 6.07) is 6.22. The highest BCUT2D eigenvalue weighted by Gasteiger charge is 2.04. The van der Waals surface area contributed by atoms with E-state index < -0.39 is 0 Å². The van der Waals surface area contributed by atoms with Gasteiger partial charge in [0.15, 0.2) is 0 Å². The molecule has 0 fully saturated rings. The number of halogens is 1. The normalized spacial score (nSPS) is 10.8. The van der Waals surface area contributed by atoms with Gasteiger partial charge in [0, 0.05) is 23.3 Å². The molecule has 0 bridgehead atoms. The molecule has 2 N–H and O–H groups in total. The minimum atomic E-state index is 0.173. The number of hydrogen-bond acceptors (Lipinski definition) is 4. The number of aliphatic hydroxyl groups is 1. The van der Waals surface area contributed by atoms with E-state index in [0.29, 0.717) is 19.5 Å². The summed E-state index contributed by atoms with van der Waals surface area (Å²) >= 11 is 3.49. The molecule has 1 heterocycles. The van der Waals surface area contributed by atoms with Crippen molar-refractivity contribution in [2.24, 2.45) is 0 Å². The molecule has 2 rings (SSSR count). The highest BCUT2D eigenvalue weighted by molar-refractivity contribution is 9.10. The molecule has 0 aliphatic rings. The first-order valence-electron chi connectivity index (χ1n) is 6.75. The lowest BCUT2D eigenvalue weighted by atomic mass is 10.1. The minimum absolute atomic E-state index is 0.173. The van der Waals surface area contributed by atoms with E-state index in [0.717, 1.165) is 22.3 Å². The summed E-state index contributed by atoms with van der Waals surface area (Å²) in [5.41, 5.74) is 3.29. The summed E-state index contributed by atoms with van der Waals surface area (Å²) in [5.74, 6) is 0. The van der Waals surface area contributed by atoms with Crippen LogP contribution >= 0.6 is 15.9 Å². The lowest BCUT2D eigenvalue weighted by Gasteiger charge is -2.10. The first-order chi connectivity index (χ1) is 9.72. The van der Waals surface area contributed by atoms with Crippen LogP contribution < -0.4 is 5.32 Å². The zero-order valence-electron chi connectivity index (χ0n) is 11.5. The van der Waals surface area contributed by atoms with Crippen molar-refractivity contribution in [3.05, 3.63) is 40.1 Å². The summed E-state index contributed by atoms with van der Waals surface area (Å²) in [6.07, 6.45) is 3.58. The van der Waals surface area contributed by atoms with Crippen molar-refractivity contribution in [2.75, 3.05) is 11.9 Å². The van der Waals surface area contributed by atoms with Gasteiger partial charge >= 0.3 is 0 Å². The molecule has 108 valence electrons. The van der Waals surface area contributed by atoms with Crippen molar-refractivity contribution >= 4 is 21.6 Å². The molecule has 0 spiro atoms. The molecule has 20 heavy (non-hydrogen) atoms.